The maximum absolute atomic E-state index is 12.3. The van der Waals surface area contributed by atoms with Gasteiger partial charge in [-0.2, -0.15) is 9.78 Å². The molecule has 0 amide bonds. The fourth-order valence-corrected chi connectivity index (χ4v) is 2.40. The third-order valence-corrected chi connectivity index (χ3v) is 3.73. The molecule has 0 aliphatic rings. The first kappa shape index (κ1) is 15.6. The zero-order chi connectivity index (χ0) is 17.9. The second-order valence-corrected chi connectivity index (χ2v) is 5.36. The Morgan fingerprint density at radius 2 is 1.88 bits per heavy atom. The first-order valence-corrected chi connectivity index (χ1v) is 7.67. The molecule has 4 rings (SSSR count). The molecule has 2 aromatic heterocycles. The van der Waals surface area contributed by atoms with Gasteiger partial charge < -0.3 is 4.74 Å². The van der Waals surface area contributed by atoms with Gasteiger partial charge in [0, 0.05) is 0 Å². The summed E-state index contributed by atoms with van der Waals surface area (Å²) in [7, 11) is 0. The normalized spacial score (nSPS) is 10.8. The number of aromatic nitrogens is 6. The minimum absolute atomic E-state index is 0.319. The molecule has 2 heterocycles. The Balaban J connectivity index is 1.49. The van der Waals surface area contributed by atoms with Crippen LogP contribution in [-0.2, 0) is 11.5 Å². The van der Waals surface area contributed by atoms with Crippen molar-refractivity contribution in [3.8, 4) is 5.69 Å². The van der Waals surface area contributed by atoms with Crippen molar-refractivity contribution in [1.82, 2.24) is 29.8 Å². The van der Waals surface area contributed by atoms with Gasteiger partial charge in [0.05, 0.1) is 16.6 Å². The molecule has 0 aliphatic heterocycles. The lowest BCUT2D eigenvalue weighted by molar-refractivity contribution is 0.0336. The molecule has 2 aromatic carbocycles. The molecule has 0 spiro atoms. The van der Waals surface area contributed by atoms with Crippen LogP contribution in [0.4, 0.5) is 0 Å². The first-order valence-electron chi connectivity index (χ1n) is 7.67. The van der Waals surface area contributed by atoms with E-state index in [9.17, 15) is 9.59 Å². The highest BCUT2D eigenvalue weighted by molar-refractivity contribution is 5.89. The summed E-state index contributed by atoms with van der Waals surface area (Å²) in [4.78, 5) is 28.3. The Labute approximate surface area is 146 Å². The molecule has 9 nitrogen and oxygen atoms in total. The van der Waals surface area contributed by atoms with Crippen molar-refractivity contribution in [2.45, 2.75) is 6.73 Å². The number of hydrogen-bond donors (Lipinski definition) is 0. The smallest absolute Gasteiger partial charge is 0.339 e. The molecule has 0 N–H and O–H groups in total. The number of benzene rings is 2. The fourth-order valence-electron chi connectivity index (χ4n) is 2.40. The van der Waals surface area contributed by atoms with Gasteiger partial charge in [0.1, 0.15) is 18.2 Å². The van der Waals surface area contributed by atoms with Gasteiger partial charge in [-0.15, -0.1) is 5.10 Å². The highest BCUT2D eigenvalue weighted by Crippen LogP contribution is 2.09. The SMILES string of the molecule is O=C(OCn1nnc2ccccc2c1=O)c1ccc(-n2cncn2)cc1. The van der Waals surface area contributed by atoms with Crippen molar-refractivity contribution in [3.05, 3.63) is 77.1 Å². The highest BCUT2D eigenvalue weighted by atomic mass is 16.5. The van der Waals surface area contributed by atoms with E-state index in [0.717, 1.165) is 10.4 Å². The predicted octanol–water partition coefficient (Wildman–Crippen LogP) is 1.19. The standard InChI is InChI=1S/C17H12N6O3/c24-16-14-3-1-2-4-15(14)20-21-23(16)11-26-17(25)12-5-7-13(8-6-12)22-10-18-9-19-22/h1-10H,11H2. The van der Waals surface area contributed by atoms with Crippen LogP contribution in [0.1, 0.15) is 10.4 Å². The van der Waals surface area contributed by atoms with Gasteiger partial charge in [0.25, 0.3) is 5.56 Å². The van der Waals surface area contributed by atoms with Crippen molar-refractivity contribution in [2.75, 3.05) is 0 Å². The van der Waals surface area contributed by atoms with E-state index >= 15 is 0 Å². The molecular weight excluding hydrogens is 336 g/mol. The third-order valence-electron chi connectivity index (χ3n) is 3.73. The monoisotopic (exact) mass is 348 g/mol. The number of hydrogen-bond acceptors (Lipinski definition) is 7. The second-order valence-electron chi connectivity index (χ2n) is 5.36. The number of fused-ring (bicyclic) bond motifs is 1. The lowest BCUT2D eigenvalue weighted by Gasteiger charge is -2.07. The molecule has 0 radical (unpaired) electrons. The molecular formula is C17H12N6O3. The van der Waals surface area contributed by atoms with Gasteiger partial charge in [0.15, 0.2) is 6.73 Å². The predicted molar refractivity (Wildman–Crippen MR) is 90.6 cm³/mol. The van der Waals surface area contributed by atoms with E-state index in [-0.39, 0.29) is 12.3 Å². The summed E-state index contributed by atoms with van der Waals surface area (Å²) in [6.45, 7) is -0.319. The van der Waals surface area contributed by atoms with Crippen molar-refractivity contribution in [3.63, 3.8) is 0 Å². The van der Waals surface area contributed by atoms with E-state index < -0.39 is 5.97 Å². The Bertz CT molecular complexity index is 1120. The number of nitrogens with zero attached hydrogens (tertiary/aromatic N) is 6. The summed E-state index contributed by atoms with van der Waals surface area (Å²) < 4.78 is 7.73. The second kappa shape index (κ2) is 6.55. The lowest BCUT2D eigenvalue weighted by Crippen LogP contribution is -2.26. The summed E-state index contributed by atoms with van der Waals surface area (Å²) in [5.41, 5.74) is 1.22. The van der Waals surface area contributed by atoms with Crippen LogP contribution in [-0.4, -0.2) is 35.7 Å². The lowest BCUT2D eigenvalue weighted by atomic mass is 10.2. The summed E-state index contributed by atoms with van der Waals surface area (Å²) >= 11 is 0. The van der Waals surface area contributed by atoms with Gasteiger partial charge in [-0.05, 0) is 36.4 Å². The third kappa shape index (κ3) is 2.93. The molecule has 0 bridgehead atoms. The van der Waals surface area contributed by atoms with Crippen LogP contribution in [0.25, 0.3) is 16.6 Å². The molecule has 0 saturated carbocycles. The van der Waals surface area contributed by atoms with Crippen LogP contribution in [0.2, 0.25) is 0 Å². The molecule has 0 atom stereocenters. The molecule has 9 heteroatoms. The van der Waals surface area contributed by atoms with E-state index in [0.29, 0.717) is 16.5 Å². The largest absolute Gasteiger partial charge is 0.439 e. The van der Waals surface area contributed by atoms with Gasteiger partial charge in [-0.25, -0.2) is 14.5 Å². The molecule has 0 unspecified atom stereocenters. The number of carbonyl (C=O) groups excluding carboxylic acids is 1. The number of rotatable bonds is 4. The van der Waals surface area contributed by atoms with E-state index in [4.69, 9.17) is 4.74 Å². The summed E-state index contributed by atoms with van der Waals surface area (Å²) in [5.74, 6) is -0.572. The molecule has 0 saturated heterocycles. The van der Waals surface area contributed by atoms with Crippen molar-refractivity contribution in [1.29, 1.82) is 0 Å². The van der Waals surface area contributed by atoms with Gasteiger partial charge in [0.2, 0.25) is 0 Å². The summed E-state index contributed by atoms with van der Waals surface area (Å²) in [6, 6.07) is 13.5. The topological polar surface area (TPSA) is 105 Å². The quantitative estimate of drug-likeness (QED) is 0.510. The average Bonchev–Trinajstić information content (AvgIpc) is 3.22. The molecule has 0 aliphatic carbocycles. The van der Waals surface area contributed by atoms with Crippen molar-refractivity contribution >= 4 is 16.9 Å². The highest BCUT2D eigenvalue weighted by Gasteiger charge is 2.10. The summed E-state index contributed by atoms with van der Waals surface area (Å²) in [5, 5.41) is 12.1. The van der Waals surface area contributed by atoms with Crippen molar-refractivity contribution < 1.29 is 9.53 Å². The fraction of sp³-hybridized carbons (Fsp3) is 0.0588. The van der Waals surface area contributed by atoms with Crippen LogP contribution in [0.5, 0.6) is 0 Å². The Hall–Kier alpha value is -3.88. The first-order chi connectivity index (χ1) is 12.7. The number of ether oxygens (including phenoxy) is 1. The van der Waals surface area contributed by atoms with Crippen LogP contribution in [0.3, 0.4) is 0 Å². The minimum Gasteiger partial charge on any atom is -0.439 e. The molecule has 26 heavy (non-hydrogen) atoms. The van der Waals surface area contributed by atoms with Gasteiger partial charge in [-0.3, -0.25) is 4.79 Å². The van der Waals surface area contributed by atoms with E-state index in [1.165, 1.54) is 6.33 Å². The summed E-state index contributed by atoms with van der Waals surface area (Å²) in [6.07, 6.45) is 2.97. The van der Waals surface area contributed by atoms with Crippen LogP contribution in [0, 0.1) is 0 Å². The Morgan fingerprint density at radius 1 is 1.08 bits per heavy atom. The van der Waals surface area contributed by atoms with Crippen LogP contribution >= 0.6 is 0 Å². The van der Waals surface area contributed by atoms with E-state index in [2.05, 4.69) is 20.4 Å². The number of esters is 1. The van der Waals surface area contributed by atoms with E-state index in [1.807, 2.05) is 0 Å². The van der Waals surface area contributed by atoms with Gasteiger partial charge in [-0.1, -0.05) is 17.3 Å². The number of carbonyl (C=O) groups is 1. The van der Waals surface area contributed by atoms with Crippen LogP contribution < -0.4 is 5.56 Å². The maximum atomic E-state index is 12.3. The van der Waals surface area contributed by atoms with Crippen molar-refractivity contribution in [2.24, 2.45) is 0 Å². The Morgan fingerprint density at radius 3 is 2.65 bits per heavy atom. The average molecular weight is 348 g/mol. The molecule has 4 aromatic rings. The van der Waals surface area contributed by atoms with Crippen LogP contribution in [0.15, 0.2) is 66.0 Å². The molecule has 128 valence electrons. The molecule has 0 fully saturated rings. The van der Waals surface area contributed by atoms with E-state index in [1.54, 1.807) is 59.5 Å². The maximum Gasteiger partial charge on any atom is 0.339 e. The zero-order valence-corrected chi connectivity index (χ0v) is 13.4. The van der Waals surface area contributed by atoms with Gasteiger partial charge >= 0.3 is 5.97 Å². The zero-order valence-electron chi connectivity index (χ0n) is 13.4. The minimum atomic E-state index is -0.572. The Kier molecular flexibility index (Phi) is 3.94.